The predicted octanol–water partition coefficient (Wildman–Crippen LogP) is 13.0. The molecule has 0 aliphatic rings. The zero-order valence-corrected chi connectivity index (χ0v) is 28.4. The second-order valence-corrected chi connectivity index (χ2v) is 13.1. The Labute approximate surface area is 288 Å². The van der Waals surface area contributed by atoms with E-state index in [1.54, 1.807) is 0 Å². The molecule has 0 aliphatic carbocycles. The topological polar surface area (TPSA) is 11.4 Å². The summed E-state index contributed by atoms with van der Waals surface area (Å²) in [5.74, 6) is 0. The number of anilines is 6. The highest BCUT2D eigenvalue weighted by Crippen LogP contribution is 2.42. The second kappa shape index (κ2) is 12.5. The van der Waals surface area contributed by atoms with Crippen molar-refractivity contribution >= 4 is 55.9 Å². The summed E-state index contributed by atoms with van der Waals surface area (Å²) in [5.41, 5.74) is 15.2. The van der Waals surface area contributed by atoms with Crippen LogP contribution in [-0.4, -0.2) is 4.57 Å². The van der Waals surface area contributed by atoms with E-state index in [2.05, 4.69) is 206 Å². The van der Waals surface area contributed by atoms with Crippen molar-refractivity contribution in [3.05, 3.63) is 186 Å². The van der Waals surface area contributed by atoms with E-state index in [-0.39, 0.29) is 0 Å². The smallest absolute Gasteiger partial charge is 0.0542 e. The molecule has 0 N–H and O–H groups in total. The molecule has 0 amide bonds. The molecule has 0 bridgehead atoms. The fourth-order valence-corrected chi connectivity index (χ4v) is 6.80. The SMILES string of the molecule is Cc1ccc(N(c2ccc(C)cc2)c2ccc3c(c2)c2cc(N(c4ccc(C)cc4)c4ccc(C)cc4)ccc2n3-c2ccccc2)cc1. The molecule has 0 aliphatic heterocycles. The molecule has 0 spiro atoms. The molecule has 3 heteroatoms. The third-order valence-electron chi connectivity index (χ3n) is 9.43. The largest absolute Gasteiger partial charge is 0.310 e. The van der Waals surface area contributed by atoms with E-state index >= 15 is 0 Å². The second-order valence-electron chi connectivity index (χ2n) is 13.1. The van der Waals surface area contributed by atoms with Gasteiger partial charge in [0.15, 0.2) is 0 Å². The van der Waals surface area contributed by atoms with Gasteiger partial charge >= 0.3 is 0 Å². The predicted molar refractivity (Wildman–Crippen MR) is 209 cm³/mol. The van der Waals surface area contributed by atoms with Crippen LogP contribution in [0.2, 0.25) is 0 Å². The molecule has 0 saturated heterocycles. The molecule has 0 atom stereocenters. The van der Waals surface area contributed by atoms with Crippen LogP contribution in [0.15, 0.2) is 164 Å². The quantitative estimate of drug-likeness (QED) is 0.173. The first-order valence-electron chi connectivity index (χ1n) is 16.9. The monoisotopic (exact) mass is 633 g/mol. The molecule has 0 unspecified atom stereocenters. The maximum atomic E-state index is 2.39. The first kappa shape index (κ1) is 30.3. The van der Waals surface area contributed by atoms with E-state index in [1.165, 1.54) is 44.1 Å². The molecule has 8 rings (SSSR count). The van der Waals surface area contributed by atoms with Crippen molar-refractivity contribution in [2.75, 3.05) is 9.80 Å². The Bertz CT molecular complexity index is 2140. The van der Waals surface area contributed by atoms with E-state index in [9.17, 15) is 0 Å². The van der Waals surface area contributed by atoms with Crippen LogP contribution in [0.1, 0.15) is 22.3 Å². The summed E-state index contributed by atoms with van der Waals surface area (Å²) in [6.07, 6.45) is 0. The van der Waals surface area contributed by atoms with E-state index in [4.69, 9.17) is 0 Å². The Hall–Kier alpha value is -6.06. The highest BCUT2D eigenvalue weighted by Gasteiger charge is 2.20. The lowest BCUT2D eigenvalue weighted by molar-refractivity contribution is 1.18. The molecule has 0 radical (unpaired) electrons. The average Bonchev–Trinajstić information content (AvgIpc) is 3.45. The summed E-state index contributed by atoms with van der Waals surface area (Å²) in [4.78, 5) is 4.72. The van der Waals surface area contributed by atoms with E-state index < -0.39 is 0 Å². The molecule has 0 saturated carbocycles. The fraction of sp³-hybridized carbons (Fsp3) is 0.0870. The van der Waals surface area contributed by atoms with Crippen molar-refractivity contribution in [1.29, 1.82) is 0 Å². The Morgan fingerprint density at radius 2 is 0.633 bits per heavy atom. The zero-order valence-electron chi connectivity index (χ0n) is 28.4. The van der Waals surface area contributed by atoms with Crippen LogP contribution >= 0.6 is 0 Å². The van der Waals surface area contributed by atoms with E-state index in [1.807, 2.05) is 0 Å². The van der Waals surface area contributed by atoms with Gasteiger partial charge < -0.3 is 14.4 Å². The van der Waals surface area contributed by atoms with E-state index in [0.29, 0.717) is 0 Å². The Kier molecular flexibility index (Phi) is 7.74. The third kappa shape index (κ3) is 5.74. The van der Waals surface area contributed by atoms with E-state index in [0.717, 1.165) is 39.8 Å². The van der Waals surface area contributed by atoms with Crippen molar-refractivity contribution in [3.8, 4) is 5.69 Å². The van der Waals surface area contributed by atoms with Gasteiger partial charge in [0.1, 0.15) is 0 Å². The standard InChI is InChI=1S/C46H39N3/c1-32-10-18-37(19-11-32)47(38-20-12-33(2)13-21-38)41-26-28-45-43(30-41)44-31-42(27-29-46(44)49(45)36-8-6-5-7-9-36)48(39-22-14-34(3)15-23-39)40-24-16-35(4)17-25-40/h5-31H,1-4H3. The van der Waals surface area contributed by atoms with Crippen LogP contribution in [0.25, 0.3) is 27.5 Å². The van der Waals surface area contributed by atoms with Crippen LogP contribution in [0.3, 0.4) is 0 Å². The van der Waals surface area contributed by atoms with Gasteiger partial charge in [-0.3, -0.25) is 0 Å². The lowest BCUT2D eigenvalue weighted by atomic mass is 10.1. The Balaban J connectivity index is 1.38. The van der Waals surface area contributed by atoms with Gasteiger partial charge in [0.05, 0.1) is 11.0 Å². The van der Waals surface area contributed by atoms with Crippen molar-refractivity contribution in [1.82, 2.24) is 4.57 Å². The number of nitrogens with zero attached hydrogens (tertiary/aromatic N) is 3. The number of hydrogen-bond acceptors (Lipinski definition) is 2. The molecular formula is C46H39N3. The number of aromatic nitrogens is 1. The number of rotatable bonds is 7. The number of benzene rings is 7. The minimum absolute atomic E-state index is 1.12. The summed E-state index contributed by atoms with van der Waals surface area (Å²) in [6.45, 7) is 8.55. The Morgan fingerprint density at radius 1 is 0.327 bits per heavy atom. The van der Waals surface area contributed by atoms with Crippen LogP contribution in [0, 0.1) is 27.7 Å². The summed E-state index contributed by atoms with van der Waals surface area (Å²) in [6, 6.07) is 59.7. The maximum Gasteiger partial charge on any atom is 0.0542 e. The summed E-state index contributed by atoms with van der Waals surface area (Å²) in [7, 11) is 0. The number of fused-ring (bicyclic) bond motifs is 3. The number of aryl methyl sites for hydroxylation is 4. The molecule has 238 valence electrons. The van der Waals surface area contributed by atoms with Crippen molar-refractivity contribution in [2.24, 2.45) is 0 Å². The highest BCUT2D eigenvalue weighted by molar-refractivity contribution is 6.12. The first-order chi connectivity index (χ1) is 23.9. The normalized spacial score (nSPS) is 11.3. The lowest BCUT2D eigenvalue weighted by Gasteiger charge is -2.26. The molecule has 0 fully saturated rings. The number of hydrogen-bond donors (Lipinski definition) is 0. The van der Waals surface area contributed by atoms with Gasteiger partial charge in [0, 0.05) is 50.6 Å². The molecule has 49 heavy (non-hydrogen) atoms. The number of para-hydroxylation sites is 1. The van der Waals surface area contributed by atoms with Gasteiger partial charge in [0.25, 0.3) is 0 Å². The molecule has 8 aromatic rings. The van der Waals surface area contributed by atoms with Gasteiger partial charge in [-0.15, -0.1) is 0 Å². The van der Waals surface area contributed by atoms with Crippen LogP contribution < -0.4 is 9.80 Å². The maximum absolute atomic E-state index is 2.39. The van der Waals surface area contributed by atoms with Gasteiger partial charge in [-0.05, 0) is 125 Å². The van der Waals surface area contributed by atoms with Gasteiger partial charge in [-0.25, -0.2) is 0 Å². The van der Waals surface area contributed by atoms with Crippen molar-refractivity contribution in [3.63, 3.8) is 0 Å². The van der Waals surface area contributed by atoms with Crippen molar-refractivity contribution < 1.29 is 0 Å². The van der Waals surface area contributed by atoms with Crippen LogP contribution in [0.5, 0.6) is 0 Å². The minimum atomic E-state index is 1.12. The minimum Gasteiger partial charge on any atom is -0.310 e. The lowest BCUT2D eigenvalue weighted by Crippen LogP contribution is -2.10. The summed E-state index contributed by atoms with van der Waals surface area (Å²) >= 11 is 0. The van der Waals surface area contributed by atoms with Gasteiger partial charge in [-0.1, -0.05) is 89.0 Å². The van der Waals surface area contributed by atoms with Gasteiger partial charge in [0.2, 0.25) is 0 Å². The van der Waals surface area contributed by atoms with Crippen LogP contribution in [0.4, 0.5) is 34.1 Å². The van der Waals surface area contributed by atoms with Crippen LogP contribution in [-0.2, 0) is 0 Å². The van der Waals surface area contributed by atoms with Gasteiger partial charge in [-0.2, -0.15) is 0 Å². The molecule has 1 aromatic heterocycles. The summed E-state index contributed by atoms with van der Waals surface area (Å²) in [5, 5.41) is 2.41. The zero-order chi connectivity index (χ0) is 33.5. The summed E-state index contributed by atoms with van der Waals surface area (Å²) < 4.78 is 2.39. The third-order valence-corrected chi connectivity index (χ3v) is 9.43. The van der Waals surface area contributed by atoms with Crippen molar-refractivity contribution in [2.45, 2.75) is 27.7 Å². The molecule has 3 nitrogen and oxygen atoms in total. The molecule has 7 aromatic carbocycles. The highest BCUT2D eigenvalue weighted by atomic mass is 15.1. The first-order valence-corrected chi connectivity index (χ1v) is 16.9. The molecule has 1 heterocycles. The Morgan fingerprint density at radius 3 is 0.959 bits per heavy atom. The average molecular weight is 634 g/mol. The fourth-order valence-electron chi connectivity index (χ4n) is 6.80. The molecular weight excluding hydrogens is 595 g/mol.